The van der Waals surface area contributed by atoms with Crippen molar-refractivity contribution in [2.24, 2.45) is 5.73 Å². The average molecular weight is 180 g/mol. The lowest BCUT2D eigenvalue weighted by molar-refractivity contribution is 0.376. The van der Waals surface area contributed by atoms with Gasteiger partial charge >= 0.3 is 0 Å². The summed E-state index contributed by atoms with van der Waals surface area (Å²) < 4.78 is 0. The molecule has 0 saturated heterocycles. The lowest BCUT2D eigenvalue weighted by Crippen LogP contribution is -2.42. The summed E-state index contributed by atoms with van der Waals surface area (Å²) in [5, 5.41) is 8.29. The second kappa shape index (κ2) is 2.46. The smallest absolute Gasteiger partial charge is 0.134 e. The topological polar surface area (TPSA) is 46.2 Å². The SMILES string of the molecule is NC1(Cl)C=CC=C(O)C1Cl. The Morgan fingerprint density at radius 3 is 2.70 bits per heavy atom. The highest BCUT2D eigenvalue weighted by molar-refractivity contribution is 6.34. The standard InChI is InChI=1S/C6H7Cl2NO/c7-5-4(10)2-1-3-6(5,8)9/h1-3,5,10H,9H2. The minimum absolute atomic E-state index is 0.00154. The summed E-state index contributed by atoms with van der Waals surface area (Å²) in [6, 6.07) is 0. The van der Waals surface area contributed by atoms with Gasteiger partial charge in [-0.25, -0.2) is 0 Å². The Morgan fingerprint density at radius 2 is 2.30 bits per heavy atom. The van der Waals surface area contributed by atoms with Crippen molar-refractivity contribution >= 4 is 23.2 Å². The fourth-order valence-electron chi connectivity index (χ4n) is 0.690. The number of aliphatic hydroxyl groups is 1. The highest BCUT2D eigenvalue weighted by atomic mass is 35.5. The Morgan fingerprint density at radius 1 is 1.70 bits per heavy atom. The van der Waals surface area contributed by atoms with Crippen LogP contribution < -0.4 is 5.73 Å². The lowest BCUT2D eigenvalue weighted by Gasteiger charge is -2.25. The zero-order valence-electron chi connectivity index (χ0n) is 5.09. The lowest BCUT2D eigenvalue weighted by atomic mass is 10.1. The molecule has 56 valence electrons. The van der Waals surface area contributed by atoms with E-state index < -0.39 is 10.4 Å². The van der Waals surface area contributed by atoms with E-state index in [-0.39, 0.29) is 5.76 Å². The highest BCUT2D eigenvalue weighted by Crippen LogP contribution is 2.28. The van der Waals surface area contributed by atoms with Gasteiger partial charge in [0.05, 0.1) is 0 Å². The Hall–Kier alpha value is -0.180. The molecule has 0 radical (unpaired) electrons. The van der Waals surface area contributed by atoms with Crippen LogP contribution in [0.5, 0.6) is 0 Å². The van der Waals surface area contributed by atoms with E-state index in [0.717, 1.165) is 0 Å². The maximum absolute atomic E-state index is 9.03. The van der Waals surface area contributed by atoms with E-state index >= 15 is 0 Å². The van der Waals surface area contributed by atoms with Gasteiger partial charge in [0.2, 0.25) is 0 Å². The van der Waals surface area contributed by atoms with Gasteiger partial charge < -0.3 is 10.8 Å². The van der Waals surface area contributed by atoms with Gasteiger partial charge in [-0.15, -0.1) is 11.6 Å². The van der Waals surface area contributed by atoms with Gasteiger partial charge in [0, 0.05) is 0 Å². The van der Waals surface area contributed by atoms with Crippen LogP contribution in [0.2, 0.25) is 0 Å². The second-order valence-corrected chi connectivity index (χ2v) is 3.23. The van der Waals surface area contributed by atoms with E-state index in [4.69, 9.17) is 34.0 Å². The summed E-state index contributed by atoms with van der Waals surface area (Å²) in [5.41, 5.74) is 5.46. The molecule has 0 aromatic rings. The Kier molecular flexibility index (Phi) is 1.95. The van der Waals surface area contributed by atoms with Crippen molar-refractivity contribution in [1.82, 2.24) is 0 Å². The monoisotopic (exact) mass is 179 g/mol. The number of allylic oxidation sites excluding steroid dienone is 2. The van der Waals surface area contributed by atoms with Crippen molar-refractivity contribution in [2.45, 2.75) is 10.4 Å². The Balaban J connectivity index is 2.89. The average Bonchev–Trinajstić information content (AvgIpc) is 1.83. The number of halogens is 2. The fourth-order valence-corrected chi connectivity index (χ4v) is 1.02. The van der Waals surface area contributed by atoms with E-state index in [9.17, 15) is 0 Å². The molecule has 0 saturated carbocycles. The molecule has 1 aliphatic rings. The van der Waals surface area contributed by atoms with Crippen molar-refractivity contribution < 1.29 is 5.11 Å². The predicted octanol–water partition coefficient (Wildman–Crippen LogP) is 1.50. The van der Waals surface area contributed by atoms with Gasteiger partial charge in [-0.05, 0) is 12.2 Å². The van der Waals surface area contributed by atoms with Crippen molar-refractivity contribution in [3.05, 3.63) is 24.0 Å². The van der Waals surface area contributed by atoms with E-state index in [2.05, 4.69) is 0 Å². The maximum Gasteiger partial charge on any atom is 0.134 e. The summed E-state index contributed by atoms with van der Waals surface area (Å²) in [6.45, 7) is 0. The van der Waals surface area contributed by atoms with E-state index in [1.807, 2.05) is 0 Å². The molecule has 2 nitrogen and oxygen atoms in total. The van der Waals surface area contributed by atoms with E-state index in [1.165, 1.54) is 12.2 Å². The molecule has 10 heavy (non-hydrogen) atoms. The van der Waals surface area contributed by atoms with Crippen LogP contribution in [0.4, 0.5) is 0 Å². The Bertz CT molecular complexity index is 198. The molecule has 0 aromatic heterocycles. The quantitative estimate of drug-likeness (QED) is 0.438. The molecule has 0 aromatic carbocycles. The van der Waals surface area contributed by atoms with Crippen molar-refractivity contribution in [3.8, 4) is 0 Å². The molecule has 0 aliphatic heterocycles. The zero-order valence-corrected chi connectivity index (χ0v) is 6.60. The van der Waals surface area contributed by atoms with Gasteiger partial charge in [0.15, 0.2) is 0 Å². The number of rotatable bonds is 0. The molecule has 2 atom stereocenters. The third kappa shape index (κ3) is 1.29. The summed E-state index contributed by atoms with van der Waals surface area (Å²) in [7, 11) is 0. The largest absolute Gasteiger partial charge is 0.511 e. The molecule has 0 heterocycles. The molecule has 0 bridgehead atoms. The van der Waals surface area contributed by atoms with Gasteiger partial charge in [0.25, 0.3) is 0 Å². The third-order valence-corrected chi connectivity index (χ3v) is 2.31. The summed E-state index contributed by atoms with van der Waals surface area (Å²) in [4.78, 5) is -1.15. The first-order chi connectivity index (χ1) is 4.54. The van der Waals surface area contributed by atoms with Crippen molar-refractivity contribution in [3.63, 3.8) is 0 Å². The molecule has 1 aliphatic carbocycles. The van der Waals surface area contributed by atoms with Crippen LogP contribution in [-0.4, -0.2) is 15.5 Å². The number of nitrogens with two attached hydrogens (primary N) is 1. The number of hydrogen-bond acceptors (Lipinski definition) is 2. The fraction of sp³-hybridized carbons (Fsp3) is 0.333. The Labute approximate surface area is 68.9 Å². The molecule has 0 spiro atoms. The number of aliphatic hydroxyl groups excluding tert-OH is 1. The first-order valence-corrected chi connectivity index (χ1v) is 3.56. The third-order valence-electron chi connectivity index (χ3n) is 1.27. The summed E-state index contributed by atoms with van der Waals surface area (Å²) in [6.07, 6.45) is 4.57. The van der Waals surface area contributed by atoms with Crippen molar-refractivity contribution in [2.75, 3.05) is 0 Å². The van der Waals surface area contributed by atoms with Crippen LogP contribution >= 0.6 is 23.2 Å². The minimum Gasteiger partial charge on any atom is -0.511 e. The second-order valence-electron chi connectivity index (χ2n) is 2.14. The van der Waals surface area contributed by atoms with Gasteiger partial charge in [-0.1, -0.05) is 17.7 Å². The van der Waals surface area contributed by atoms with Gasteiger partial charge in [-0.2, -0.15) is 0 Å². The molecule has 4 heteroatoms. The molecule has 0 fully saturated rings. The molecule has 0 amide bonds. The highest BCUT2D eigenvalue weighted by Gasteiger charge is 2.33. The molecule has 3 N–H and O–H groups in total. The van der Waals surface area contributed by atoms with Crippen LogP contribution in [0.15, 0.2) is 24.0 Å². The number of alkyl halides is 2. The van der Waals surface area contributed by atoms with E-state index in [0.29, 0.717) is 0 Å². The minimum atomic E-state index is -1.15. The van der Waals surface area contributed by atoms with Crippen LogP contribution in [-0.2, 0) is 0 Å². The van der Waals surface area contributed by atoms with Crippen LogP contribution in [0.1, 0.15) is 0 Å². The first-order valence-electron chi connectivity index (χ1n) is 2.74. The van der Waals surface area contributed by atoms with Gasteiger partial charge in [0.1, 0.15) is 16.1 Å². The molecular formula is C6H7Cl2NO. The molecule has 2 unspecified atom stereocenters. The van der Waals surface area contributed by atoms with Crippen LogP contribution in [0.3, 0.4) is 0 Å². The predicted molar refractivity (Wildman–Crippen MR) is 42.3 cm³/mol. The van der Waals surface area contributed by atoms with Crippen molar-refractivity contribution in [1.29, 1.82) is 0 Å². The zero-order chi connectivity index (χ0) is 7.78. The summed E-state index contributed by atoms with van der Waals surface area (Å²) >= 11 is 11.3. The molecular weight excluding hydrogens is 173 g/mol. The number of hydrogen-bond donors (Lipinski definition) is 2. The normalized spacial score (nSPS) is 39.5. The van der Waals surface area contributed by atoms with E-state index in [1.54, 1.807) is 6.08 Å². The first kappa shape index (κ1) is 7.92. The maximum atomic E-state index is 9.03. The van der Waals surface area contributed by atoms with Crippen LogP contribution in [0, 0.1) is 0 Å². The van der Waals surface area contributed by atoms with Gasteiger partial charge in [-0.3, -0.25) is 0 Å². The molecule has 1 rings (SSSR count). The summed E-state index contributed by atoms with van der Waals surface area (Å²) in [5.74, 6) is 0.00154. The van der Waals surface area contributed by atoms with Crippen LogP contribution in [0.25, 0.3) is 0 Å².